The number of hydrogen-bond acceptors (Lipinski definition) is 3. The summed E-state index contributed by atoms with van der Waals surface area (Å²) in [6, 6.07) is 6.78. The minimum Gasteiger partial charge on any atom is -0.465 e. The summed E-state index contributed by atoms with van der Waals surface area (Å²) in [5.74, 6) is 2.16. The standard InChI is InChI=1S/C13H15NO2/c1-3-10-5-7-11(8-6-10)9-12(14)13(15)16-4-2/h1,5-8,12H,4,9,14H2,2H3/t12-/m0/s1. The van der Waals surface area contributed by atoms with Crippen molar-refractivity contribution < 1.29 is 9.53 Å². The van der Waals surface area contributed by atoms with Gasteiger partial charge in [0.05, 0.1) is 6.61 Å². The molecule has 16 heavy (non-hydrogen) atoms. The first-order valence-corrected chi connectivity index (χ1v) is 5.15. The Bertz CT molecular complexity index is 389. The molecule has 1 aromatic carbocycles. The summed E-state index contributed by atoms with van der Waals surface area (Å²) in [5.41, 5.74) is 7.48. The first kappa shape index (κ1) is 12.3. The zero-order chi connectivity index (χ0) is 12.0. The van der Waals surface area contributed by atoms with Crippen molar-refractivity contribution in [1.82, 2.24) is 0 Å². The van der Waals surface area contributed by atoms with Crippen LogP contribution in [0.4, 0.5) is 0 Å². The molecule has 0 bridgehead atoms. The summed E-state index contributed by atoms with van der Waals surface area (Å²) in [6.45, 7) is 2.11. The van der Waals surface area contributed by atoms with Gasteiger partial charge in [-0.3, -0.25) is 4.79 Å². The van der Waals surface area contributed by atoms with Gasteiger partial charge < -0.3 is 10.5 Å². The fourth-order valence-electron chi connectivity index (χ4n) is 1.32. The summed E-state index contributed by atoms with van der Waals surface area (Å²) in [6.07, 6.45) is 5.70. The molecule has 0 saturated heterocycles. The molecule has 0 aliphatic heterocycles. The molecule has 1 aromatic rings. The van der Waals surface area contributed by atoms with E-state index in [4.69, 9.17) is 16.9 Å². The topological polar surface area (TPSA) is 52.3 Å². The Kier molecular flexibility index (Phi) is 4.56. The Labute approximate surface area is 95.6 Å². The van der Waals surface area contributed by atoms with Gasteiger partial charge in [0.1, 0.15) is 6.04 Å². The van der Waals surface area contributed by atoms with E-state index < -0.39 is 6.04 Å². The molecule has 0 aliphatic carbocycles. The molecule has 0 radical (unpaired) electrons. The number of terminal acetylenes is 1. The predicted molar refractivity (Wildman–Crippen MR) is 62.7 cm³/mol. The summed E-state index contributed by atoms with van der Waals surface area (Å²) in [4.78, 5) is 11.3. The van der Waals surface area contributed by atoms with E-state index in [2.05, 4.69) is 5.92 Å². The molecule has 0 spiro atoms. The highest BCUT2D eigenvalue weighted by Crippen LogP contribution is 2.06. The second-order valence-electron chi connectivity index (χ2n) is 3.40. The first-order valence-electron chi connectivity index (χ1n) is 5.15. The van der Waals surface area contributed by atoms with E-state index >= 15 is 0 Å². The maximum Gasteiger partial charge on any atom is 0.323 e. The maximum atomic E-state index is 11.3. The lowest BCUT2D eigenvalue weighted by atomic mass is 10.1. The first-order chi connectivity index (χ1) is 7.67. The van der Waals surface area contributed by atoms with Gasteiger partial charge in [0.25, 0.3) is 0 Å². The van der Waals surface area contributed by atoms with Gasteiger partial charge in [0.2, 0.25) is 0 Å². The predicted octanol–water partition coefficient (Wildman–Crippen LogP) is 1.10. The largest absolute Gasteiger partial charge is 0.465 e. The lowest BCUT2D eigenvalue weighted by Gasteiger charge is -2.10. The van der Waals surface area contributed by atoms with Crippen LogP contribution in [0.1, 0.15) is 18.1 Å². The van der Waals surface area contributed by atoms with Gasteiger partial charge in [0.15, 0.2) is 0 Å². The fourth-order valence-corrected chi connectivity index (χ4v) is 1.32. The van der Waals surface area contributed by atoms with Gasteiger partial charge >= 0.3 is 5.97 Å². The third-order valence-electron chi connectivity index (χ3n) is 2.17. The maximum absolute atomic E-state index is 11.3. The Balaban J connectivity index is 2.59. The number of nitrogens with two attached hydrogens (primary N) is 1. The van der Waals surface area contributed by atoms with Gasteiger partial charge in [-0.2, -0.15) is 0 Å². The molecule has 0 aliphatic rings. The third-order valence-corrected chi connectivity index (χ3v) is 2.17. The highest BCUT2D eigenvalue weighted by atomic mass is 16.5. The van der Waals surface area contributed by atoms with Crippen molar-refractivity contribution in [2.24, 2.45) is 5.73 Å². The van der Waals surface area contributed by atoms with Crippen molar-refractivity contribution in [2.45, 2.75) is 19.4 Å². The molecule has 2 N–H and O–H groups in total. The highest BCUT2D eigenvalue weighted by molar-refractivity contribution is 5.75. The molecule has 0 aromatic heterocycles. The second kappa shape index (κ2) is 5.94. The number of esters is 1. The summed E-state index contributed by atoms with van der Waals surface area (Å²) >= 11 is 0. The zero-order valence-electron chi connectivity index (χ0n) is 9.27. The van der Waals surface area contributed by atoms with E-state index in [1.165, 1.54) is 0 Å². The Hall–Kier alpha value is -1.79. The number of carbonyl (C=O) groups excluding carboxylic acids is 1. The van der Waals surface area contributed by atoms with Gasteiger partial charge in [-0.1, -0.05) is 18.1 Å². The lowest BCUT2D eigenvalue weighted by Crippen LogP contribution is -2.34. The van der Waals surface area contributed by atoms with Crippen LogP contribution in [0.25, 0.3) is 0 Å². The number of rotatable bonds is 4. The van der Waals surface area contributed by atoms with Gasteiger partial charge in [-0.25, -0.2) is 0 Å². The fraction of sp³-hybridized carbons (Fsp3) is 0.308. The average Bonchev–Trinajstić information content (AvgIpc) is 2.30. The van der Waals surface area contributed by atoms with E-state index in [1.54, 1.807) is 6.92 Å². The van der Waals surface area contributed by atoms with Crippen molar-refractivity contribution in [3.05, 3.63) is 35.4 Å². The van der Waals surface area contributed by atoms with Crippen LogP contribution in [0.3, 0.4) is 0 Å². The molecular weight excluding hydrogens is 202 g/mol. The van der Waals surface area contributed by atoms with E-state index in [-0.39, 0.29) is 5.97 Å². The Morgan fingerprint density at radius 3 is 2.62 bits per heavy atom. The smallest absolute Gasteiger partial charge is 0.323 e. The van der Waals surface area contributed by atoms with Crippen LogP contribution < -0.4 is 5.73 Å². The molecule has 3 heteroatoms. The summed E-state index contributed by atoms with van der Waals surface area (Å²) < 4.78 is 4.82. The van der Waals surface area contributed by atoms with Crippen LogP contribution in [0.15, 0.2) is 24.3 Å². The van der Waals surface area contributed by atoms with Crippen molar-refractivity contribution in [3.63, 3.8) is 0 Å². The normalized spacial score (nSPS) is 11.6. The molecule has 0 saturated carbocycles. The van der Waals surface area contributed by atoms with Crippen LogP contribution in [0.2, 0.25) is 0 Å². The van der Waals surface area contributed by atoms with Crippen molar-refractivity contribution in [1.29, 1.82) is 0 Å². The van der Waals surface area contributed by atoms with Crippen LogP contribution in [0, 0.1) is 12.3 Å². The molecule has 1 rings (SSSR count). The Morgan fingerprint density at radius 2 is 2.12 bits per heavy atom. The Morgan fingerprint density at radius 1 is 1.50 bits per heavy atom. The van der Waals surface area contributed by atoms with Crippen LogP contribution in [0.5, 0.6) is 0 Å². The number of hydrogen-bond donors (Lipinski definition) is 1. The van der Waals surface area contributed by atoms with Crippen molar-refractivity contribution in [3.8, 4) is 12.3 Å². The van der Waals surface area contributed by atoms with Crippen LogP contribution >= 0.6 is 0 Å². The van der Waals surface area contributed by atoms with Crippen LogP contribution in [-0.4, -0.2) is 18.6 Å². The molecule has 1 atom stereocenters. The van der Waals surface area contributed by atoms with E-state index in [0.29, 0.717) is 13.0 Å². The number of ether oxygens (including phenoxy) is 1. The molecule has 3 nitrogen and oxygen atoms in total. The second-order valence-corrected chi connectivity index (χ2v) is 3.40. The monoisotopic (exact) mass is 217 g/mol. The quantitative estimate of drug-likeness (QED) is 0.607. The van der Waals surface area contributed by atoms with Gasteiger partial charge in [-0.05, 0) is 31.0 Å². The molecule has 84 valence electrons. The summed E-state index contributed by atoms with van der Waals surface area (Å²) in [5, 5.41) is 0. The molecule has 0 heterocycles. The molecule has 0 fully saturated rings. The molecule has 0 amide bonds. The van der Waals surface area contributed by atoms with Crippen LogP contribution in [-0.2, 0) is 16.0 Å². The van der Waals surface area contributed by atoms with Gasteiger partial charge in [0, 0.05) is 5.56 Å². The summed E-state index contributed by atoms with van der Waals surface area (Å²) in [7, 11) is 0. The van der Waals surface area contributed by atoms with Gasteiger partial charge in [-0.15, -0.1) is 6.42 Å². The third kappa shape index (κ3) is 3.41. The number of benzene rings is 1. The van der Waals surface area contributed by atoms with Crippen molar-refractivity contribution in [2.75, 3.05) is 6.61 Å². The SMILES string of the molecule is C#Cc1ccc(C[C@H](N)C(=O)OCC)cc1. The molecular formula is C13H15NO2. The highest BCUT2D eigenvalue weighted by Gasteiger charge is 2.14. The number of carbonyl (C=O) groups is 1. The minimum absolute atomic E-state index is 0.350. The average molecular weight is 217 g/mol. The van der Waals surface area contributed by atoms with E-state index in [9.17, 15) is 4.79 Å². The lowest BCUT2D eigenvalue weighted by molar-refractivity contribution is -0.144. The van der Waals surface area contributed by atoms with E-state index in [0.717, 1.165) is 11.1 Å². The minimum atomic E-state index is -0.614. The molecule has 0 unspecified atom stereocenters. The van der Waals surface area contributed by atoms with Crippen molar-refractivity contribution >= 4 is 5.97 Å². The van der Waals surface area contributed by atoms with E-state index in [1.807, 2.05) is 24.3 Å². The zero-order valence-corrected chi connectivity index (χ0v) is 9.27.